The number of piperazine rings is 1. The molecule has 0 radical (unpaired) electrons. The Morgan fingerprint density at radius 2 is 1.68 bits per heavy atom. The van der Waals surface area contributed by atoms with Crippen LogP contribution in [0.25, 0.3) is 0 Å². The third-order valence-corrected chi connectivity index (χ3v) is 8.58. The highest BCUT2D eigenvalue weighted by atomic mass is 16.5. The second-order valence-electron chi connectivity index (χ2n) is 11.1. The van der Waals surface area contributed by atoms with E-state index in [0.717, 1.165) is 82.2 Å². The van der Waals surface area contributed by atoms with Crippen LogP contribution in [-0.2, 0) is 20.9 Å². The van der Waals surface area contributed by atoms with E-state index < -0.39 is 6.04 Å². The lowest BCUT2D eigenvalue weighted by Crippen LogP contribution is -2.52. The molecule has 1 aromatic carbocycles. The normalized spacial score (nSPS) is 22.6. The molecule has 0 spiro atoms. The average molecular weight is 548 g/mol. The number of imide groups is 1. The van der Waals surface area contributed by atoms with Gasteiger partial charge in [-0.3, -0.25) is 24.6 Å². The summed E-state index contributed by atoms with van der Waals surface area (Å²) in [4.78, 5) is 49.8. The minimum absolute atomic E-state index is 0.131. The summed E-state index contributed by atoms with van der Waals surface area (Å²) in [6.45, 7) is 7.76. The predicted molar refractivity (Wildman–Crippen MR) is 151 cm³/mol. The van der Waals surface area contributed by atoms with Gasteiger partial charge in [-0.25, -0.2) is 4.98 Å². The number of aromatic nitrogens is 1. The minimum atomic E-state index is -0.583. The van der Waals surface area contributed by atoms with Gasteiger partial charge in [0.05, 0.1) is 24.6 Å². The first-order chi connectivity index (χ1) is 19.4. The zero-order valence-electron chi connectivity index (χ0n) is 22.8. The summed E-state index contributed by atoms with van der Waals surface area (Å²) in [7, 11) is 0. The van der Waals surface area contributed by atoms with Crippen molar-refractivity contribution in [2.45, 2.75) is 44.4 Å². The van der Waals surface area contributed by atoms with Crippen LogP contribution < -0.4 is 20.9 Å². The summed E-state index contributed by atoms with van der Waals surface area (Å²) in [6, 6.07) is 9.28. The molecule has 1 aromatic heterocycles. The standard InChI is InChI=1S/C29H37N7O4/c30-26-5-2-22(18-31-26)34-9-7-23(8-10-34)40-16-15-33-11-13-35(14-12-33)21-1-3-24-20(17-21)19-36(29(24)39)25-4-6-27(37)32-28(25)38/h1-3,5,17-18,23,25H,4,6-16,19H2,(H2,30,31)(H,32,37,38). The van der Waals surface area contributed by atoms with Crippen LogP contribution in [-0.4, -0.2) is 97.1 Å². The molecule has 6 rings (SSSR count). The van der Waals surface area contributed by atoms with Crippen molar-refractivity contribution in [3.05, 3.63) is 47.7 Å². The average Bonchev–Trinajstić information content (AvgIpc) is 3.29. The van der Waals surface area contributed by atoms with E-state index in [1.165, 1.54) is 0 Å². The number of hydrogen-bond donors (Lipinski definition) is 2. The maximum Gasteiger partial charge on any atom is 0.255 e. The molecule has 4 aliphatic heterocycles. The van der Waals surface area contributed by atoms with E-state index in [9.17, 15) is 14.4 Å². The molecule has 4 aliphatic rings. The molecule has 3 saturated heterocycles. The van der Waals surface area contributed by atoms with E-state index in [1.807, 2.05) is 30.5 Å². The SMILES string of the molecule is Nc1ccc(N2CCC(OCCN3CCN(c4ccc5c(c4)CN(C4CCC(=O)NC4=O)C5=O)CC3)CC2)cn1. The first kappa shape index (κ1) is 26.5. The number of nitrogens with one attached hydrogen (secondary N) is 1. The second kappa shape index (κ2) is 11.4. The molecule has 40 heavy (non-hydrogen) atoms. The van der Waals surface area contributed by atoms with Gasteiger partial charge in [0.2, 0.25) is 11.8 Å². The van der Waals surface area contributed by atoms with Gasteiger partial charge in [-0.15, -0.1) is 0 Å². The highest BCUT2D eigenvalue weighted by molar-refractivity contribution is 6.05. The summed E-state index contributed by atoms with van der Waals surface area (Å²) >= 11 is 0. The molecule has 212 valence electrons. The van der Waals surface area contributed by atoms with Gasteiger partial charge in [0.1, 0.15) is 11.9 Å². The lowest BCUT2D eigenvalue weighted by Gasteiger charge is -2.37. The third-order valence-electron chi connectivity index (χ3n) is 8.58. The molecular formula is C29H37N7O4. The molecule has 3 N–H and O–H groups in total. The number of nitrogens with two attached hydrogens (primary N) is 1. The molecule has 0 aliphatic carbocycles. The van der Waals surface area contributed by atoms with Gasteiger partial charge < -0.3 is 25.2 Å². The van der Waals surface area contributed by atoms with Crippen molar-refractivity contribution in [1.82, 2.24) is 20.1 Å². The summed E-state index contributed by atoms with van der Waals surface area (Å²) in [6.07, 6.45) is 4.81. The Morgan fingerprint density at radius 1 is 0.925 bits per heavy atom. The van der Waals surface area contributed by atoms with Crippen LogP contribution in [0.15, 0.2) is 36.5 Å². The van der Waals surface area contributed by atoms with Crippen LogP contribution in [0.4, 0.5) is 17.2 Å². The van der Waals surface area contributed by atoms with Crippen molar-refractivity contribution in [2.75, 3.05) is 68.0 Å². The van der Waals surface area contributed by atoms with Crippen LogP contribution in [0.3, 0.4) is 0 Å². The van der Waals surface area contributed by atoms with Gasteiger partial charge in [0.25, 0.3) is 5.91 Å². The number of nitrogen functional groups attached to an aromatic ring is 1. The van der Waals surface area contributed by atoms with Gasteiger partial charge >= 0.3 is 0 Å². The summed E-state index contributed by atoms with van der Waals surface area (Å²) < 4.78 is 6.23. The Labute approximate surface area is 234 Å². The van der Waals surface area contributed by atoms with E-state index in [4.69, 9.17) is 10.5 Å². The Morgan fingerprint density at radius 3 is 2.40 bits per heavy atom. The number of rotatable bonds is 7. The quantitative estimate of drug-likeness (QED) is 0.493. The second-order valence-corrected chi connectivity index (χ2v) is 11.1. The van der Waals surface area contributed by atoms with Crippen molar-refractivity contribution in [1.29, 1.82) is 0 Å². The molecule has 11 heteroatoms. The Bertz CT molecular complexity index is 1250. The molecule has 11 nitrogen and oxygen atoms in total. The number of fused-ring (bicyclic) bond motifs is 1. The molecule has 3 fully saturated rings. The summed E-state index contributed by atoms with van der Waals surface area (Å²) in [5.74, 6) is -0.232. The van der Waals surface area contributed by atoms with E-state index in [1.54, 1.807) is 4.90 Å². The maximum atomic E-state index is 13.0. The van der Waals surface area contributed by atoms with Gasteiger partial charge in [-0.05, 0) is 55.2 Å². The molecule has 5 heterocycles. The Balaban J connectivity index is 0.936. The zero-order chi connectivity index (χ0) is 27.6. The fourth-order valence-electron chi connectivity index (χ4n) is 6.20. The molecule has 3 amide bonds. The number of carbonyl (C=O) groups is 3. The van der Waals surface area contributed by atoms with Crippen LogP contribution in [0.2, 0.25) is 0 Å². The number of nitrogens with zero attached hydrogens (tertiary/aromatic N) is 5. The summed E-state index contributed by atoms with van der Waals surface area (Å²) in [5, 5.41) is 2.36. The first-order valence-corrected chi connectivity index (χ1v) is 14.3. The first-order valence-electron chi connectivity index (χ1n) is 14.3. The predicted octanol–water partition coefficient (Wildman–Crippen LogP) is 1.23. The monoisotopic (exact) mass is 547 g/mol. The van der Waals surface area contributed by atoms with E-state index in [0.29, 0.717) is 30.5 Å². The molecule has 1 unspecified atom stereocenters. The van der Waals surface area contributed by atoms with Crippen molar-refractivity contribution in [3.63, 3.8) is 0 Å². The topological polar surface area (TPSA) is 124 Å². The van der Waals surface area contributed by atoms with Crippen molar-refractivity contribution in [2.24, 2.45) is 0 Å². The Hall–Kier alpha value is -3.70. The molecule has 0 saturated carbocycles. The number of carbonyl (C=O) groups excluding carboxylic acids is 3. The van der Waals surface area contributed by atoms with Crippen LogP contribution >= 0.6 is 0 Å². The maximum absolute atomic E-state index is 13.0. The lowest BCUT2D eigenvalue weighted by molar-refractivity contribution is -0.136. The van der Waals surface area contributed by atoms with Gasteiger partial charge in [0, 0.05) is 70.0 Å². The number of anilines is 3. The van der Waals surface area contributed by atoms with Crippen molar-refractivity contribution < 1.29 is 19.1 Å². The number of ether oxygens (including phenoxy) is 1. The summed E-state index contributed by atoms with van der Waals surface area (Å²) in [5.41, 5.74) is 9.53. The van der Waals surface area contributed by atoms with Crippen LogP contribution in [0.5, 0.6) is 0 Å². The van der Waals surface area contributed by atoms with E-state index >= 15 is 0 Å². The molecular weight excluding hydrogens is 510 g/mol. The largest absolute Gasteiger partial charge is 0.384 e. The number of hydrogen-bond acceptors (Lipinski definition) is 9. The fraction of sp³-hybridized carbons (Fsp3) is 0.517. The Kier molecular flexibility index (Phi) is 7.57. The van der Waals surface area contributed by atoms with Crippen LogP contribution in [0, 0.1) is 0 Å². The number of piperidine rings is 2. The van der Waals surface area contributed by atoms with Gasteiger partial charge in [0.15, 0.2) is 0 Å². The van der Waals surface area contributed by atoms with Crippen molar-refractivity contribution >= 4 is 34.9 Å². The van der Waals surface area contributed by atoms with Gasteiger partial charge in [-0.1, -0.05) is 0 Å². The number of pyridine rings is 1. The van der Waals surface area contributed by atoms with E-state index in [-0.39, 0.29) is 24.1 Å². The molecule has 0 bridgehead atoms. The zero-order valence-corrected chi connectivity index (χ0v) is 22.8. The lowest BCUT2D eigenvalue weighted by atomic mass is 10.0. The number of benzene rings is 1. The van der Waals surface area contributed by atoms with Crippen LogP contribution in [0.1, 0.15) is 41.6 Å². The van der Waals surface area contributed by atoms with Crippen molar-refractivity contribution in [3.8, 4) is 0 Å². The highest BCUT2D eigenvalue weighted by Crippen LogP contribution is 2.31. The smallest absolute Gasteiger partial charge is 0.255 e. The fourth-order valence-corrected chi connectivity index (χ4v) is 6.20. The third kappa shape index (κ3) is 5.62. The number of amides is 3. The highest BCUT2D eigenvalue weighted by Gasteiger charge is 2.39. The van der Waals surface area contributed by atoms with E-state index in [2.05, 4.69) is 31.1 Å². The molecule has 2 aromatic rings. The molecule has 1 atom stereocenters. The minimum Gasteiger partial charge on any atom is -0.384 e. The van der Waals surface area contributed by atoms with Gasteiger partial charge in [-0.2, -0.15) is 0 Å².